The Labute approximate surface area is 162 Å². The Morgan fingerprint density at radius 1 is 1.00 bits per heavy atom. The van der Waals surface area contributed by atoms with Gasteiger partial charge in [0, 0.05) is 38.6 Å². The van der Waals surface area contributed by atoms with Gasteiger partial charge in [-0.05, 0) is 22.9 Å². The molecule has 0 atom stereocenters. The van der Waals surface area contributed by atoms with Crippen LogP contribution < -0.4 is 9.64 Å². The number of nitrogens with zero attached hydrogens (tertiary/aromatic N) is 4. The van der Waals surface area contributed by atoms with Crippen molar-refractivity contribution in [3.8, 4) is 5.75 Å². The normalized spacial score (nSPS) is 14.1. The Balaban J connectivity index is 1.38. The van der Waals surface area contributed by atoms with E-state index in [0.717, 1.165) is 17.1 Å². The predicted molar refractivity (Wildman–Crippen MR) is 106 cm³/mol. The molecule has 1 aromatic heterocycles. The van der Waals surface area contributed by atoms with Gasteiger partial charge in [0.1, 0.15) is 5.75 Å². The summed E-state index contributed by atoms with van der Waals surface area (Å²) in [5.41, 5.74) is 0.469. The topological polar surface area (TPSA) is 75.6 Å². The van der Waals surface area contributed by atoms with Crippen LogP contribution in [-0.4, -0.2) is 59.8 Å². The van der Waals surface area contributed by atoms with Crippen molar-refractivity contribution in [2.45, 2.75) is 0 Å². The first-order chi connectivity index (χ1) is 13.8. The number of aromatic nitrogens is 2. The number of anilines is 1. The highest BCUT2D eigenvalue weighted by Gasteiger charge is 2.23. The standard InChI is InChI=1S/C21H20N4O3/c26-14-18-17-5-2-1-4-16(17)6-7-19(18)28-15-20(27)24-10-12-25(13-11-24)21-22-8-3-9-23-21/h1-9,14H,10-13,15H2. The molecule has 0 spiro atoms. The molecule has 1 amide bonds. The average Bonchev–Trinajstić information content (AvgIpc) is 2.77. The maximum atomic E-state index is 12.5. The van der Waals surface area contributed by atoms with Gasteiger partial charge in [-0.1, -0.05) is 30.3 Å². The van der Waals surface area contributed by atoms with Crippen LogP contribution in [0.3, 0.4) is 0 Å². The van der Waals surface area contributed by atoms with E-state index in [0.29, 0.717) is 43.4 Å². The Hall–Kier alpha value is -3.48. The summed E-state index contributed by atoms with van der Waals surface area (Å²) in [6, 6.07) is 13.0. The van der Waals surface area contributed by atoms with Gasteiger partial charge in [-0.2, -0.15) is 0 Å². The smallest absolute Gasteiger partial charge is 0.260 e. The number of benzene rings is 2. The molecule has 7 heteroatoms. The van der Waals surface area contributed by atoms with E-state index < -0.39 is 0 Å². The molecule has 1 aliphatic rings. The van der Waals surface area contributed by atoms with Crippen molar-refractivity contribution >= 4 is 28.9 Å². The average molecular weight is 376 g/mol. The van der Waals surface area contributed by atoms with Gasteiger partial charge < -0.3 is 14.5 Å². The van der Waals surface area contributed by atoms with Gasteiger partial charge in [-0.15, -0.1) is 0 Å². The molecule has 0 aliphatic carbocycles. The Kier molecular flexibility index (Phi) is 5.14. The van der Waals surface area contributed by atoms with Crippen molar-refractivity contribution in [2.24, 2.45) is 0 Å². The largest absolute Gasteiger partial charge is 0.483 e. The summed E-state index contributed by atoms with van der Waals surface area (Å²) < 4.78 is 5.70. The zero-order valence-electron chi connectivity index (χ0n) is 15.3. The zero-order valence-corrected chi connectivity index (χ0v) is 15.3. The van der Waals surface area contributed by atoms with Crippen LogP contribution >= 0.6 is 0 Å². The van der Waals surface area contributed by atoms with Gasteiger partial charge >= 0.3 is 0 Å². The molecule has 0 saturated carbocycles. The second-order valence-electron chi connectivity index (χ2n) is 6.52. The van der Waals surface area contributed by atoms with Crippen LogP contribution in [0.2, 0.25) is 0 Å². The Morgan fingerprint density at radius 3 is 2.50 bits per heavy atom. The molecule has 0 bridgehead atoms. The minimum absolute atomic E-state index is 0.0962. The van der Waals surface area contributed by atoms with Crippen LogP contribution in [0.1, 0.15) is 10.4 Å². The number of hydrogen-bond donors (Lipinski definition) is 0. The quantitative estimate of drug-likeness (QED) is 0.636. The number of hydrogen-bond acceptors (Lipinski definition) is 6. The van der Waals surface area contributed by atoms with E-state index >= 15 is 0 Å². The monoisotopic (exact) mass is 376 g/mol. The summed E-state index contributed by atoms with van der Waals surface area (Å²) in [6.07, 6.45) is 4.20. The van der Waals surface area contributed by atoms with Crippen molar-refractivity contribution in [1.82, 2.24) is 14.9 Å². The van der Waals surface area contributed by atoms with Crippen LogP contribution in [0.4, 0.5) is 5.95 Å². The molecule has 3 aromatic rings. The van der Waals surface area contributed by atoms with Crippen molar-refractivity contribution in [3.63, 3.8) is 0 Å². The summed E-state index contributed by atoms with van der Waals surface area (Å²) in [4.78, 5) is 36.4. The lowest BCUT2D eigenvalue weighted by Gasteiger charge is -2.34. The number of carbonyl (C=O) groups excluding carboxylic acids is 2. The van der Waals surface area contributed by atoms with Crippen molar-refractivity contribution in [1.29, 1.82) is 0 Å². The molecule has 0 N–H and O–H groups in total. The molecule has 4 rings (SSSR count). The number of piperazine rings is 1. The highest BCUT2D eigenvalue weighted by atomic mass is 16.5. The maximum Gasteiger partial charge on any atom is 0.260 e. The number of aldehydes is 1. The second-order valence-corrected chi connectivity index (χ2v) is 6.52. The molecule has 2 aromatic carbocycles. The first-order valence-electron chi connectivity index (χ1n) is 9.16. The molecule has 1 aliphatic heterocycles. The molecule has 1 saturated heterocycles. The van der Waals surface area contributed by atoms with Gasteiger partial charge in [0.25, 0.3) is 5.91 Å². The summed E-state index contributed by atoms with van der Waals surface area (Å²) >= 11 is 0. The molecule has 28 heavy (non-hydrogen) atoms. The molecular weight excluding hydrogens is 356 g/mol. The number of rotatable bonds is 5. The molecule has 1 fully saturated rings. The lowest BCUT2D eigenvalue weighted by molar-refractivity contribution is -0.133. The van der Waals surface area contributed by atoms with Crippen LogP contribution in [0.15, 0.2) is 54.9 Å². The summed E-state index contributed by atoms with van der Waals surface area (Å²) in [5.74, 6) is 1.01. The molecule has 7 nitrogen and oxygen atoms in total. The number of amides is 1. The number of ether oxygens (including phenoxy) is 1. The predicted octanol–water partition coefficient (Wildman–Crippen LogP) is 2.17. The SMILES string of the molecule is O=Cc1c(OCC(=O)N2CCN(c3ncccn3)CC2)ccc2ccccc12. The second kappa shape index (κ2) is 8.04. The van der Waals surface area contributed by atoms with Crippen molar-refractivity contribution in [3.05, 3.63) is 60.4 Å². The third-order valence-corrected chi connectivity index (χ3v) is 4.87. The highest BCUT2D eigenvalue weighted by Crippen LogP contribution is 2.26. The van der Waals surface area contributed by atoms with Crippen molar-refractivity contribution < 1.29 is 14.3 Å². The van der Waals surface area contributed by atoms with Crippen LogP contribution in [0.5, 0.6) is 5.75 Å². The van der Waals surface area contributed by atoms with Gasteiger partial charge in [0.05, 0.1) is 5.56 Å². The fraction of sp³-hybridized carbons (Fsp3) is 0.238. The van der Waals surface area contributed by atoms with E-state index in [-0.39, 0.29) is 12.5 Å². The molecule has 142 valence electrons. The molecule has 0 radical (unpaired) electrons. The van der Waals surface area contributed by atoms with Gasteiger partial charge in [-0.3, -0.25) is 9.59 Å². The van der Waals surface area contributed by atoms with E-state index in [9.17, 15) is 9.59 Å². The fourth-order valence-electron chi connectivity index (χ4n) is 3.36. The van der Waals surface area contributed by atoms with Crippen LogP contribution in [0.25, 0.3) is 10.8 Å². The summed E-state index contributed by atoms with van der Waals surface area (Å²) in [5, 5.41) is 1.78. The van der Waals surface area contributed by atoms with E-state index in [1.54, 1.807) is 29.4 Å². The molecular formula is C21H20N4O3. The third kappa shape index (κ3) is 3.64. The minimum Gasteiger partial charge on any atom is -0.483 e. The molecule has 0 unspecified atom stereocenters. The third-order valence-electron chi connectivity index (χ3n) is 4.87. The summed E-state index contributed by atoms with van der Waals surface area (Å²) in [7, 11) is 0. The van der Waals surface area contributed by atoms with Crippen molar-refractivity contribution in [2.75, 3.05) is 37.7 Å². The van der Waals surface area contributed by atoms with Crippen LogP contribution in [-0.2, 0) is 4.79 Å². The van der Waals surface area contributed by atoms with Gasteiger partial charge in [0.2, 0.25) is 5.95 Å². The maximum absolute atomic E-state index is 12.5. The van der Waals surface area contributed by atoms with E-state index in [1.165, 1.54) is 0 Å². The van der Waals surface area contributed by atoms with Gasteiger partial charge in [-0.25, -0.2) is 9.97 Å². The zero-order chi connectivity index (χ0) is 19.3. The van der Waals surface area contributed by atoms with Crippen LogP contribution in [0, 0.1) is 0 Å². The van der Waals surface area contributed by atoms with E-state index in [1.807, 2.05) is 30.3 Å². The van der Waals surface area contributed by atoms with E-state index in [2.05, 4.69) is 14.9 Å². The Morgan fingerprint density at radius 2 is 1.75 bits per heavy atom. The Bertz CT molecular complexity index is 985. The fourth-order valence-corrected chi connectivity index (χ4v) is 3.36. The number of carbonyl (C=O) groups is 2. The lowest BCUT2D eigenvalue weighted by atomic mass is 10.0. The highest BCUT2D eigenvalue weighted by molar-refractivity contribution is 6.00. The minimum atomic E-state index is -0.0985. The van der Waals surface area contributed by atoms with E-state index in [4.69, 9.17) is 4.74 Å². The number of fused-ring (bicyclic) bond motifs is 1. The first kappa shape index (κ1) is 17.9. The first-order valence-corrected chi connectivity index (χ1v) is 9.16. The summed E-state index contributed by atoms with van der Waals surface area (Å²) in [6.45, 7) is 2.41. The molecule has 2 heterocycles. The van der Waals surface area contributed by atoms with Gasteiger partial charge in [0.15, 0.2) is 12.9 Å². The lowest BCUT2D eigenvalue weighted by Crippen LogP contribution is -2.50.